The minimum atomic E-state index is -1.17. The van der Waals surface area contributed by atoms with Crippen molar-refractivity contribution in [2.24, 2.45) is 5.73 Å². The Labute approximate surface area is 166 Å². The second-order valence-electron chi connectivity index (χ2n) is 6.70. The van der Waals surface area contributed by atoms with Gasteiger partial charge in [0, 0.05) is 18.9 Å². The molecule has 1 aliphatic heterocycles. The highest BCUT2D eigenvalue weighted by Gasteiger charge is 2.45. The third-order valence-electron chi connectivity index (χ3n) is 5.01. The van der Waals surface area contributed by atoms with Crippen LogP contribution in [0.3, 0.4) is 0 Å². The van der Waals surface area contributed by atoms with Gasteiger partial charge in [0.1, 0.15) is 17.0 Å². The maximum Gasteiger partial charge on any atom is 0.345 e. The number of carbonyl (C=O) groups is 1. The summed E-state index contributed by atoms with van der Waals surface area (Å²) in [6.07, 6.45) is 5.54. The first-order chi connectivity index (χ1) is 14.0. The van der Waals surface area contributed by atoms with Gasteiger partial charge in [-0.2, -0.15) is 0 Å². The standard InChI is InChI=1S/C19H21FN6O3/c1-3-29-18(27)14-15-22-7-5-9-26(15)24-16(14)25-8-4-6-19(25,21)13-10-12(20)11-23-17(13)28-2/h5,7,9-11H,3-4,6,8,21H2,1-2H3. The van der Waals surface area contributed by atoms with Gasteiger partial charge in [-0.25, -0.2) is 23.7 Å². The number of nitrogens with two attached hydrogens (primary N) is 1. The van der Waals surface area contributed by atoms with E-state index >= 15 is 0 Å². The Morgan fingerprint density at radius 2 is 2.24 bits per heavy atom. The van der Waals surface area contributed by atoms with Crippen molar-refractivity contribution in [1.82, 2.24) is 19.6 Å². The number of carbonyl (C=O) groups excluding carboxylic acids is 1. The normalized spacial score (nSPS) is 19.0. The number of methoxy groups -OCH3 is 1. The predicted molar refractivity (Wildman–Crippen MR) is 102 cm³/mol. The lowest BCUT2D eigenvalue weighted by atomic mass is 9.98. The van der Waals surface area contributed by atoms with Crippen LogP contribution in [0.1, 0.15) is 35.7 Å². The molecule has 0 bridgehead atoms. The van der Waals surface area contributed by atoms with Crippen molar-refractivity contribution in [3.8, 4) is 5.88 Å². The van der Waals surface area contributed by atoms with E-state index in [-0.39, 0.29) is 18.1 Å². The summed E-state index contributed by atoms with van der Waals surface area (Å²) in [7, 11) is 1.45. The fourth-order valence-electron chi connectivity index (χ4n) is 3.77. The molecule has 0 aliphatic carbocycles. The Hall–Kier alpha value is -3.27. The van der Waals surface area contributed by atoms with Gasteiger partial charge in [-0.15, -0.1) is 5.10 Å². The van der Waals surface area contributed by atoms with Gasteiger partial charge < -0.3 is 20.1 Å². The number of hydrogen-bond acceptors (Lipinski definition) is 8. The maximum absolute atomic E-state index is 14.0. The molecule has 9 nitrogen and oxygen atoms in total. The average molecular weight is 400 g/mol. The summed E-state index contributed by atoms with van der Waals surface area (Å²) in [5.74, 6) is -0.525. The van der Waals surface area contributed by atoms with Crippen LogP contribution >= 0.6 is 0 Å². The quantitative estimate of drug-likeness (QED) is 0.647. The van der Waals surface area contributed by atoms with Crippen LogP contribution in [0.15, 0.2) is 30.7 Å². The summed E-state index contributed by atoms with van der Waals surface area (Å²) >= 11 is 0. The van der Waals surface area contributed by atoms with Crippen LogP contribution in [0.25, 0.3) is 5.65 Å². The number of rotatable bonds is 5. The summed E-state index contributed by atoms with van der Waals surface area (Å²) in [5, 5.41) is 4.54. The summed E-state index contributed by atoms with van der Waals surface area (Å²) in [4.78, 5) is 22.8. The Morgan fingerprint density at radius 3 is 3.00 bits per heavy atom. The SMILES string of the molecule is CCOC(=O)c1c(N2CCCC2(N)c2cc(F)cnc2OC)nn2cccnc12. The van der Waals surface area contributed by atoms with Crippen LogP contribution in [0.5, 0.6) is 5.88 Å². The summed E-state index contributed by atoms with van der Waals surface area (Å²) in [6, 6.07) is 3.01. The zero-order chi connectivity index (χ0) is 20.6. The number of nitrogens with zero attached hydrogens (tertiary/aromatic N) is 5. The maximum atomic E-state index is 14.0. The van der Waals surface area contributed by atoms with E-state index in [0.717, 1.165) is 6.20 Å². The fourth-order valence-corrected chi connectivity index (χ4v) is 3.77. The van der Waals surface area contributed by atoms with Crippen molar-refractivity contribution in [3.63, 3.8) is 0 Å². The molecule has 1 atom stereocenters. The van der Waals surface area contributed by atoms with Gasteiger partial charge in [-0.05, 0) is 31.9 Å². The van der Waals surface area contributed by atoms with E-state index in [1.165, 1.54) is 17.7 Å². The lowest BCUT2D eigenvalue weighted by molar-refractivity contribution is 0.0529. The molecule has 1 saturated heterocycles. The molecule has 3 aromatic rings. The Balaban J connectivity index is 1.90. The van der Waals surface area contributed by atoms with Crippen molar-refractivity contribution in [2.45, 2.75) is 25.4 Å². The number of aromatic nitrogens is 4. The van der Waals surface area contributed by atoms with E-state index < -0.39 is 17.4 Å². The first-order valence-corrected chi connectivity index (χ1v) is 9.26. The van der Waals surface area contributed by atoms with Crippen LogP contribution in [-0.2, 0) is 10.4 Å². The molecular weight excluding hydrogens is 379 g/mol. The molecule has 0 radical (unpaired) electrons. The summed E-state index contributed by atoms with van der Waals surface area (Å²) in [6.45, 7) is 2.44. The zero-order valence-electron chi connectivity index (χ0n) is 16.1. The number of anilines is 1. The second-order valence-corrected chi connectivity index (χ2v) is 6.70. The molecule has 29 heavy (non-hydrogen) atoms. The predicted octanol–water partition coefficient (Wildman–Crippen LogP) is 1.86. The van der Waals surface area contributed by atoms with Crippen molar-refractivity contribution in [1.29, 1.82) is 0 Å². The minimum absolute atomic E-state index is 0.206. The molecule has 1 fully saturated rings. The Morgan fingerprint density at radius 1 is 1.41 bits per heavy atom. The van der Waals surface area contributed by atoms with Gasteiger partial charge in [0.25, 0.3) is 0 Å². The number of fused-ring (bicyclic) bond motifs is 1. The van der Waals surface area contributed by atoms with Gasteiger partial charge in [-0.3, -0.25) is 0 Å². The Bertz CT molecular complexity index is 1070. The van der Waals surface area contributed by atoms with E-state index in [1.54, 1.807) is 30.3 Å². The zero-order valence-corrected chi connectivity index (χ0v) is 16.1. The highest BCUT2D eigenvalue weighted by atomic mass is 19.1. The summed E-state index contributed by atoms with van der Waals surface area (Å²) < 4.78 is 26.1. The number of halogens is 1. The number of hydrogen-bond donors (Lipinski definition) is 1. The van der Waals surface area contributed by atoms with E-state index in [9.17, 15) is 9.18 Å². The van der Waals surface area contributed by atoms with Gasteiger partial charge >= 0.3 is 5.97 Å². The minimum Gasteiger partial charge on any atom is -0.481 e. The molecule has 10 heteroatoms. The smallest absolute Gasteiger partial charge is 0.345 e. The molecule has 4 rings (SSSR count). The number of pyridine rings is 1. The monoisotopic (exact) mass is 400 g/mol. The molecule has 4 heterocycles. The first kappa shape index (κ1) is 19.1. The molecule has 2 N–H and O–H groups in total. The largest absolute Gasteiger partial charge is 0.481 e. The molecule has 0 aromatic carbocycles. The van der Waals surface area contributed by atoms with E-state index in [4.69, 9.17) is 15.2 Å². The lowest BCUT2D eigenvalue weighted by Gasteiger charge is -2.36. The molecule has 1 unspecified atom stereocenters. The average Bonchev–Trinajstić information content (AvgIpc) is 3.29. The number of esters is 1. The molecule has 0 amide bonds. The molecular formula is C19H21FN6O3. The van der Waals surface area contributed by atoms with Crippen molar-refractivity contribution >= 4 is 17.4 Å². The highest BCUT2D eigenvalue weighted by Crippen LogP contribution is 2.42. The van der Waals surface area contributed by atoms with Crippen LogP contribution < -0.4 is 15.4 Å². The summed E-state index contributed by atoms with van der Waals surface area (Å²) in [5.41, 5.74) is 6.58. The van der Waals surface area contributed by atoms with Crippen LogP contribution in [0, 0.1) is 5.82 Å². The van der Waals surface area contributed by atoms with E-state index in [1.807, 2.05) is 0 Å². The third kappa shape index (κ3) is 3.05. The fraction of sp³-hybridized carbons (Fsp3) is 0.368. The van der Waals surface area contributed by atoms with Crippen LogP contribution in [-0.4, -0.2) is 45.8 Å². The first-order valence-electron chi connectivity index (χ1n) is 9.26. The van der Waals surface area contributed by atoms with Gasteiger partial charge in [0.2, 0.25) is 5.88 Å². The van der Waals surface area contributed by atoms with Crippen molar-refractivity contribution in [3.05, 3.63) is 47.7 Å². The van der Waals surface area contributed by atoms with E-state index in [2.05, 4.69) is 15.1 Å². The van der Waals surface area contributed by atoms with Crippen molar-refractivity contribution in [2.75, 3.05) is 25.2 Å². The third-order valence-corrected chi connectivity index (χ3v) is 5.01. The molecule has 0 saturated carbocycles. The van der Waals surface area contributed by atoms with Crippen LogP contribution in [0.4, 0.5) is 10.2 Å². The molecule has 152 valence electrons. The van der Waals surface area contributed by atoms with Crippen molar-refractivity contribution < 1.29 is 18.7 Å². The molecule has 0 spiro atoms. The van der Waals surface area contributed by atoms with Gasteiger partial charge in [0.05, 0.1) is 25.5 Å². The van der Waals surface area contributed by atoms with Crippen LogP contribution in [0.2, 0.25) is 0 Å². The lowest BCUT2D eigenvalue weighted by Crippen LogP contribution is -2.50. The molecule has 1 aliphatic rings. The van der Waals surface area contributed by atoms with Gasteiger partial charge in [0.15, 0.2) is 11.5 Å². The molecule has 3 aromatic heterocycles. The number of ether oxygens (including phenoxy) is 2. The van der Waals surface area contributed by atoms with Gasteiger partial charge in [-0.1, -0.05) is 0 Å². The highest BCUT2D eigenvalue weighted by molar-refractivity contribution is 6.01. The topological polar surface area (TPSA) is 108 Å². The Kier molecular flexibility index (Phi) is 4.79. The second kappa shape index (κ2) is 7.28. The van der Waals surface area contributed by atoms with E-state index in [0.29, 0.717) is 36.4 Å².